The van der Waals surface area contributed by atoms with Gasteiger partial charge in [-0.1, -0.05) is 18.2 Å². The lowest BCUT2D eigenvalue weighted by molar-refractivity contribution is 0.199. The Balaban J connectivity index is 1.83. The molecule has 0 saturated carbocycles. The van der Waals surface area contributed by atoms with Crippen LogP contribution < -0.4 is 4.74 Å². The van der Waals surface area contributed by atoms with E-state index < -0.39 is 6.10 Å². The highest BCUT2D eigenvalue weighted by Crippen LogP contribution is 2.17. The van der Waals surface area contributed by atoms with Crippen molar-refractivity contribution >= 4 is 11.3 Å². The van der Waals surface area contributed by atoms with Gasteiger partial charge in [0.15, 0.2) is 0 Å². The van der Waals surface area contributed by atoms with Gasteiger partial charge in [-0.15, -0.1) is 11.3 Å². The molecule has 0 saturated heterocycles. The average molecular weight is 248 g/mol. The van der Waals surface area contributed by atoms with Crippen molar-refractivity contribution in [3.8, 4) is 5.75 Å². The predicted molar refractivity (Wildman–Crippen MR) is 70.6 cm³/mol. The Bertz CT molecular complexity index is 432. The molecule has 0 radical (unpaired) electrons. The highest BCUT2D eigenvalue weighted by molar-refractivity contribution is 7.09. The molecule has 17 heavy (non-hydrogen) atoms. The molecule has 0 fully saturated rings. The molecule has 0 aliphatic carbocycles. The summed E-state index contributed by atoms with van der Waals surface area (Å²) in [5.41, 5.74) is 0.913. The fourth-order valence-electron chi connectivity index (χ4n) is 1.57. The van der Waals surface area contributed by atoms with Crippen LogP contribution in [0.1, 0.15) is 23.5 Å². The van der Waals surface area contributed by atoms with E-state index in [1.54, 1.807) is 18.3 Å². The van der Waals surface area contributed by atoms with Crippen LogP contribution in [-0.2, 0) is 6.42 Å². The summed E-state index contributed by atoms with van der Waals surface area (Å²) < 4.78 is 5.64. The second-order valence-corrected chi connectivity index (χ2v) is 4.96. The number of benzene rings is 1. The molecular formula is C14H16O2S. The molecule has 1 N–H and O–H groups in total. The van der Waals surface area contributed by atoms with Gasteiger partial charge in [-0.2, -0.15) is 0 Å². The Morgan fingerprint density at radius 2 is 2.00 bits per heavy atom. The van der Waals surface area contributed by atoms with E-state index in [1.165, 1.54) is 4.88 Å². The average Bonchev–Trinajstić information content (AvgIpc) is 2.83. The normalized spacial score (nSPS) is 12.4. The Morgan fingerprint density at radius 1 is 1.24 bits per heavy atom. The zero-order valence-electron chi connectivity index (χ0n) is 9.80. The Morgan fingerprint density at radius 3 is 2.59 bits per heavy atom. The van der Waals surface area contributed by atoms with E-state index in [1.807, 2.05) is 24.3 Å². The first-order chi connectivity index (χ1) is 8.25. The van der Waals surface area contributed by atoms with Crippen molar-refractivity contribution in [1.82, 2.24) is 0 Å². The van der Waals surface area contributed by atoms with Crippen molar-refractivity contribution in [2.75, 3.05) is 6.61 Å². The largest absolute Gasteiger partial charge is 0.493 e. The Hall–Kier alpha value is -1.32. The smallest absolute Gasteiger partial charge is 0.119 e. The minimum Gasteiger partial charge on any atom is -0.493 e. The maximum absolute atomic E-state index is 9.38. The van der Waals surface area contributed by atoms with Gasteiger partial charge in [0.25, 0.3) is 0 Å². The summed E-state index contributed by atoms with van der Waals surface area (Å²) >= 11 is 1.75. The molecule has 1 aromatic carbocycles. The number of rotatable bonds is 5. The topological polar surface area (TPSA) is 29.5 Å². The van der Waals surface area contributed by atoms with E-state index in [2.05, 4.69) is 17.5 Å². The lowest BCUT2D eigenvalue weighted by Gasteiger charge is -2.08. The van der Waals surface area contributed by atoms with Crippen molar-refractivity contribution < 1.29 is 9.84 Å². The van der Waals surface area contributed by atoms with Crippen LogP contribution in [0, 0.1) is 0 Å². The van der Waals surface area contributed by atoms with Crippen molar-refractivity contribution in [3.63, 3.8) is 0 Å². The quantitative estimate of drug-likeness (QED) is 0.878. The minimum atomic E-state index is -0.421. The third kappa shape index (κ3) is 3.58. The molecule has 0 spiro atoms. The highest BCUT2D eigenvalue weighted by Gasteiger charge is 2.01. The van der Waals surface area contributed by atoms with Gasteiger partial charge in [-0.3, -0.25) is 0 Å². The van der Waals surface area contributed by atoms with Crippen LogP contribution in [-0.4, -0.2) is 11.7 Å². The molecule has 1 heterocycles. The number of thiophene rings is 1. The second kappa shape index (κ2) is 5.84. The first-order valence-electron chi connectivity index (χ1n) is 5.69. The lowest BCUT2D eigenvalue weighted by Crippen LogP contribution is -2.00. The molecule has 2 aromatic rings. The minimum absolute atomic E-state index is 0.421. The highest BCUT2D eigenvalue weighted by atomic mass is 32.1. The fraction of sp³-hybridized carbons (Fsp3) is 0.286. The molecule has 1 unspecified atom stereocenters. The number of ether oxygens (including phenoxy) is 1. The second-order valence-electron chi connectivity index (χ2n) is 3.92. The molecule has 90 valence electrons. The molecule has 2 nitrogen and oxygen atoms in total. The maximum atomic E-state index is 9.38. The van der Waals surface area contributed by atoms with Crippen LogP contribution in [0.4, 0.5) is 0 Å². The molecular weight excluding hydrogens is 232 g/mol. The van der Waals surface area contributed by atoms with E-state index in [4.69, 9.17) is 4.74 Å². The summed E-state index contributed by atoms with van der Waals surface area (Å²) in [5, 5.41) is 11.5. The molecule has 0 amide bonds. The molecule has 1 aromatic heterocycles. The van der Waals surface area contributed by atoms with E-state index in [9.17, 15) is 5.11 Å². The zero-order valence-corrected chi connectivity index (χ0v) is 10.6. The summed E-state index contributed by atoms with van der Waals surface area (Å²) in [7, 11) is 0. The number of aliphatic hydroxyl groups excluding tert-OH is 1. The Labute approximate surface area is 105 Å². The molecule has 2 rings (SSSR count). The van der Waals surface area contributed by atoms with E-state index in [-0.39, 0.29) is 0 Å². The van der Waals surface area contributed by atoms with Gasteiger partial charge in [0, 0.05) is 11.3 Å². The van der Waals surface area contributed by atoms with Gasteiger partial charge in [0.05, 0.1) is 12.7 Å². The summed E-state index contributed by atoms with van der Waals surface area (Å²) in [6.45, 7) is 2.45. The third-order valence-electron chi connectivity index (χ3n) is 2.56. The van der Waals surface area contributed by atoms with Gasteiger partial charge in [-0.25, -0.2) is 0 Å². The van der Waals surface area contributed by atoms with Crippen LogP contribution in [0.3, 0.4) is 0 Å². The summed E-state index contributed by atoms with van der Waals surface area (Å²) in [4.78, 5) is 1.34. The molecule has 3 heteroatoms. The standard InChI is InChI=1S/C14H16O2S/c1-11(15)12-4-6-13(7-5-12)16-9-8-14-3-2-10-17-14/h2-7,10-11,15H,8-9H2,1H3. The summed E-state index contributed by atoms with van der Waals surface area (Å²) in [6, 6.07) is 11.8. The van der Waals surface area contributed by atoms with Gasteiger partial charge >= 0.3 is 0 Å². The van der Waals surface area contributed by atoms with Gasteiger partial charge < -0.3 is 9.84 Å². The van der Waals surface area contributed by atoms with E-state index >= 15 is 0 Å². The van der Waals surface area contributed by atoms with E-state index in [0.717, 1.165) is 17.7 Å². The monoisotopic (exact) mass is 248 g/mol. The Kier molecular flexibility index (Phi) is 4.18. The van der Waals surface area contributed by atoms with Crippen LogP contribution in [0.15, 0.2) is 41.8 Å². The van der Waals surface area contributed by atoms with Crippen molar-refractivity contribution in [3.05, 3.63) is 52.2 Å². The number of aliphatic hydroxyl groups is 1. The van der Waals surface area contributed by atoms with Crippen molar-refractivity contribution in [2.45, 2.75) is 19.4 Å². The van der Waals surface area contributed by atoms with Crippen LogP contribution in [0.5, 0.6) is 5.75 Å². The number of hydrogen-bond acceptors (Lipinski definition) is 3. The SMILES string of the molecule is CC(O)c1ccc(OCCc2cccs2)cc1. The predicted octanol–water partition coefficient (Wildman–Crippen LogP) is 3.42. The van der Waals surface area contributed by atoms with Gasteiger partial charge in [0.2, 0.25) is 0 Å². The molecule has 0 aliphatic heterocycles. The fourth-order valence-corrected chi connectivity index (χ4v) is 2.26. The van der Waals surface area contributed by atoms with E-state index in [0.29, 0.717) is 6.61 Å². The van der Waals surface area contributed by atoms with Crippen LogP contribution in [0.25, 0.3) is 0 Å². The number of hydrogen-bond donors (Lipinski definition) is 1. The van der Waals surface area contributed by atoms with Crippen LogP contribution >= 0.6 is 11.3 Å². The van der Waals surface area contributed by atoms with Gasteiger partial charge in [0.1, 0.15) is 5.75 Å². The van der Waals surface area contributed by atoms with Crippen molar-refractivity contribution in [1.29, 1.82) is 0 Å². The molecule has 0 aliphatic rings. The molecule has 1 atom stereocenters. The summed E-state index contributed by atoms with van der Waals surface area (Å²) in [5.74, 6) is 0.853. The first-order valence-corrected chi connectivity index (χ1v) is 6.57. The zero-order chi connectivity index (χ0) is 12.1. The molecule has 0 bridgehead atoms. The van der Waals surface area contributed by atoms with Gasteiger partial charge in [-0.05, 0) is 36.1 Å². The summed E-state index contributed by atoms with van der Waals surface area (Å²) in [6.07, 6.45) is 0.519. The third-order valence-corrected chi connectivity index (χ3v) is 3.50. The van der Waals surface area contributed by atoms with Crippen LogP contribution in [0.2, 0.25) is 0 Å². The van der Waals surface area contributed by atoms with Crippen molar-refractivity contribution in [2.24, 2.45) is 0 Å². The maximum Gasteiger partial charge on any atom is 0.119 e. The lowest BCUT2D eigenvalue weighted by atomic mass is 10.1. The first kappa shape index (κ1) is 12.1.